The molecular weight excluding hydrogens is 576 g/mol. The molecule has 4 heterocycles. The topological polar surface area (TPSA) is 83.8 Å². The summed E-state index contributed by atoms with van der Waals surface area (Å²) in [7, 11) is 3.61. The SMILES string of the molecule is CCC[C@@]1(COc2nc(N3CCCC(C)C3)c3c(OC)nc(-c4cc(O)cc5ccc(F)c(CC)c45)c(F)c3n2)CCCN1C. The van der Waals surface area contributed by atoms with Crippen molar-refractivity contribution in [2.24, 2.45) is 5.92 Å². The van der Waals surface area contributed by atoms with Gasteiger partial charge in [-0.15, -0.1) is 0 Å². The second kappa shape index (κ2) is 12.5. The number of aryl methyl sites for hydroxylation is 1. The molecule has 2 aromatic carbocycles. The lowest BCUT2D eigenvalue weighted by Gasteiger charge is -2.36. The second-order valence-electron chi connectivity index (χ2n) is 12.8. The van der Waals surface area contributed by atoms with Gasteiger partial charge < -0.3 is 19.5 Å². The van der Waals surface area contributed by atoms with E-state index in [-0.39, 0.29) is 40.0 Å². The molecular formula is C35H43F2N5O3. The highest BCUT2D eigenvalue weighted by molar-refractivity contribution is 6.03. The van der Waals surface area contributed by atoms with Gasteiger partial charge >= 0.3 is 6.01 Å². The standard InChI is InChI=1S/C35H43F2N5O3/c1-6-13-35(14-9-15-41(35)4)20-45-34-39-31-28(32(40-34)42-16-8-10-21(3)19-42)33(44-5)38-30(29(31)37)25-18-23(43)17-22-11-12-26(36)24(7-2)27(22)25/h11-12,17-18,21,43H,6-10,13-16,19-20H2,1-5H3/t21?,35-/m0/s1. The van der Waals surface area contributed by atoms with Crippen LogP contribution >= 0.6 is 0 Å². The van der Waals surface area contributed by atoms with Gasteiger partial charge in [0.05, 0.1) is 12.6 Å². The van der Waals surface area contributed by atoms with Gasteiger partial charge in [0, 0.05) is 18.7 Å². The molecule has 2 aliphatic rings. The third kappa shape index (κ3) is 5.62. The van der Waals surface area contributed by atoms with Crippen LogP contribution in [0.2, 0.25) is 0 Å². The number of phenolic OH excluding ortho intramolecular Hbond substituents is 1. The number of halogens is 2. The molecule has 2 aromatic heterocycles. The highest BCUT2D eigenvalue weighted by Crippen LogP contribution is 2.43. The van der Waals surface area contributed by atoms with Crippen molar-refractivity contribution in [1.29, 1.82) is 0 Å². The van der Waals surface area contributed by atoms with Gasteiger partial charge in [0.1, 0.15) is 40.6 Å². The normalized spacial score (nSPS) is 20.8. The summed E-state index contributed by atoms with van der Waals surface area (Å²) in [5.41, 5.74) is 0.488. The van der Waals surface area contributed by atoms with Crippen LogP contribution < -0.4 is 14.4 Å². The number of hydrogen-bond acceptors (Lipinski definition) is 8. The number of phenols is 1. The molecule has 0 saturated carbocycles. The number of rotatable bonds is 9. The van der Waals surface area contributed by atoms with Crippen LogP contribution in [0, 0.1) is 17.6 Å². The number of piperidine rings is 1. The number of aromatic nitrogens is 3. The van der Waals surface area contributed by atoms with Gasteiger partial charge in [0.15, 0.2) is 5.82 Å². The largest absolute Gasteiger partial charge is 0.508 e. The van der Waals surface area contributed by atoms with E-state index in [2.05, 4.69) is 40.7 Å². The number of hydrogen-bond donors (Lipinski definition) is 1. The number of fused-ring (bicyclic) bond motifs is 2. The molecule has 6 rings (SSSR count). The van der Waals surface area contributed by atoms with Gasteiger partial charge in [-0.1, -0.05) is 33.3 Å². The first-order valence-corrected chi connectivity index (χ1v) is 16.2. The van der Waals surface area contributed by atoms with Gasteiger partial charge in [0.2, 0.25) is 5.88 Å². The van der Waals surface area contributed by atoms with Crippen molar-refractivity contribution in [3.8, 4) is 28.9 Å². The molecule has 8 nitrogen and oxygen atoms in total. The van der Waals surface area contributed by atoms with E-state index in [1.54, 1.807) is 12.1 Å². The van der Waals surface area contributed by atoms with Gasteiger partial charge in [-0.2, -0.15) is 9.97 Å². The lowest BCUT2D eigenvalue weighted by molar-refractivity contribution is 0.0828. The maximum absolute atomic E-state index is 17.0. The summed E-state index contributed by atoms with van der Waals surface area (Å²) in [6.07, 6.45) is 6.55. The molecule has 0 radical (unpaired) electrons. The minimum Gasteiger partial charge on any atom is -0.508 e. The van der Waals surface area contributed by atoms with Crippen molar-refractivity contribution in [1.82, 2.24) is 19.9 Å². The van der Waals surface area contributed by atoms with Crippen LogP contribution in [-0.4, -0.2) is 70.9 Å². The minimum absolute atomic E-state index is 0.0188. The molecule has 1 unspecified atom stereocenters. The molecule has 0 bridgehead atoms. The monoisotopic (exact) mass is 619 g/mol. The van der Waals surface area contributed by atoms with E-state index in [1.807, 2.05) is 6.92 Å². The molecule has 0 amide bonds. The Morgan fingerprint density at radius 3 is 2.58 bits per heavy atom. The number of aromatic hydroxyl groups is 1. The molecule has 1 N–H and O–H groups in total. The Bertz CT molecular complexity index is 1730. The van der Waals surface area contributed by atoms with Crippen LogP contribution in [0.25, 0.3) is 32.9 Å². The second-order valence-corrected chi connectivity index (χ2v) is 12.8. The number of anilines is 1. The molecule has 45 heavy (non-hydrogen) atoms. The summed E-state index contributed by atoms with van der Waals surface area (Å²) in [4.78, 5) is 18.7. The van der Waals surface area contributed by atoms with Crippen molar-refractivity contribution >= 4 is 27.5 Å². The molecule has 10 heteroatoms. The van der Waals surface area contributed by atoms with E-state index in [0.717, 1.165) is 58.2 Å². The molecule has 2 fully saturated rings. The molecule has 240 valence electrons. The number of nitrogens with zero attached hydrogens (tertiary/aromatic N) is 5. The summed E-state index contributed by atoms with van der Waals surface area (Å²) in [5, 5.41) is 12.1. The van der Waals surface area contributed by atoms with Crippen molar-refractivity contribution < 1.29 is 23.4 Å². The predicted octanol–water partition coefficient (Wildman–Crippen LogP) is 7.28. The van der Waals surface area contributed by atoms with Crippen molar-refractivity contribution in [3.63, 3.8) is 0 Å². The molecule has 4 aromatic rings. The zero-order chi connectivity index (χ0) is 31.9. The van der Waals surface area contributed by atoms with Gasteiger partial charge in [-0.3, -0.25) is 4.90 Å². The smallest absolute Gasteiger partial charge is 0.319 e. The molecule has 2 saturated heterocycles. The highest BCUT2D eigenvalue weighted by atomic mass is 19.1. The number of pyridine rings is 1. The minimum atomic E-state index is -0.705. The number of ether oxygens (including phenoxy) is 2. The van der Waals surface area contributed by atoms with Gasteiger partial charge in [-0.25, -0.2) is 13.8 Å². The third-order valence-corrected chi connectivity index (χ3v) is 9.75. The Labute approximate surface area is 263 Å². The summed E-state index contributed by atoms with van der Waals surface area (Å²) in [6, 6.07) is 6.02. The van der Waals surface area contributed by atoms with Crippen LogP contribution in [0.5, 0.6) is 17.6 Å². The Morgan fingerprint density at radius 1 is 1.07 bits per heavy atom. The fraction of sp³-hybridized carbons (Fsp3) is 0.514. The van der Waals surface area contributed by atoms with Crippen LogP contribution in [0.4, 0.5) is 14.6 Å². The maximum Gasteiger partial charge on any atom is 0.319 e. The van der Waals surface area contributed by atoms with E-state index in [9.17, 15) is 5.11 Å². The molecule has 0 spiro atoms. The van der Waals surface area contributed by atoms with Gasteiger partial charge in [0.25, 0.3) is 0 Å². The number of likely N-dealkylation sites (tertiary alicyclic amines) is 1. The Kier molecular flexibility index (Phi) is 8.70. The lowest BCUT2D eigenvalue weighted by Crippen LogP contribution is -2.46. The molecule has 2 aliphatic heterocycles. The van der Waals surface area contributed by atoms with Crippen molar-refractivity contribution in [2.75, 3.05) is 45.3 Å². The van der Waals surface area contributed by atoms with E-state index in [0.29, 0.717) is 46.5 Å². The number of likely N-dealkylation sites (N-methyl/N-ethyl adjacent to an activating group) is 1. The summed E-state index contributed by atoms with van der Waals surface area (Å²) < 4.78 is 44.2. The van der Waals surface area contributed by atoms with Crippen LogP contribution in [-0.2, 0) is 6.42 Å². The summed E-state index contributed by atoms with van der Waals surface area (Å²) >= 11 is 0. The highest BCUT2D eigenvalue weighted by Gasteiger charge is 2.39. The molecule has 0 aliphatic carbocycles. The average molecular weight is 620 g/mol. The van der Waals surface area contributed by atoms with Crippen molar-refractivity contribution in [2.45, 2.75) is 71.3 Å². The zero-order valence-corrected chi connectivity index (χ0v) is 26.9. The fourth-order valence-electron chi connectivity index (χ4n) is 7.44. The third-order valence-electron chi connectivity index (χ3n) is 9.75. The Morgan fingerprint density at radius 2 is 1.89 bits per heavy atom. The maximum atomic E-state index is 17.0. The van der Waals surface area contributed by atoms with Crippen LogP contribution in [0.15, 0.2) is 24.3 Å². The summed E-state index contributed by atoms with van der Waals surface area (Å²) in [5.74, 6) is -0.0709. The van der Waals surface area contributed by atoms with E-state index >= 15 is 8.78 Å². The quantitative estimate of drug-likeness (QED) is 0.209. The first-order chi connectivity index (χ1) is 21.7. The van der Waals surface area contributed by atoms with E-state index in [1.165, 1.54) is 19.2 Å². The molecule has 2 atom stereocenters. The van der Waals surface area contributed by atoms with Crippen molar-refractivity contribution in [3.05, 3.63) is 41.5 Å². The predicted molar refractivity (Wildman–Crippen MR) is 173 cm³/mol. The van der Waals surface area contributed by atoms with Gasteiger partial charge in [-0.05, 0) is 92.6 Å². The zero-order valence-electron chi connectivity index (χ0n) is 26.9. The Balaban J connectivity index is 1.58. The summed E-state index contributed by atoms with van der Waals surface area (Å²) in [6.45, 7) is 9.10. The van der Waals surface area contributed by atoms with E-state index in [4.69, 9.17) is 14.5 Å². The van der Waals surface area contributed by atoms with Crippen LogP contribution in [0.3, 0.4) is 0 Å². The first-order valence-electron chi connectivity index (χ1n) is 16.2. The van der Waals surface area contributed by atoms with E-state index < -0.39 is 11.6 Å². The lowest BCUT2D eigenvalue weighted by atomic mass is 9.92. The number of methoxy groups -OCH3 is 1. The van der Waals surface area contributed by atoms with Crippen LogP contribution in [0.1, 0.15) is 64.9 Å². The fourth-order valence-corrected chi connectivity index (χ4v) is 7.44. The average Bonchev–Trinajstić information content (AvgIpc) is 3.39. The Hall–Kier alpha value is -3.79. The number of benzene rings is 2. The first kappa shape index (κ1) is 31.2.